The van der Waals surface area contributed by atoms with Gasteiger partial charge in [0.25, 0.3) is 10.1 Å². The van der Waals surface area contributed by atoms with Crippen LogP contribution >= 0.6 is 11.3 Å². The molecule has 1 heterocycles. The third-order valence-corrected chi connectivity index (χ3v) is 6.16. The van der Waals surface area contributed by atoms with Crippen molar-refractivity contribution in [1.82, 2.24) is 4.98 Å². The van der Waals surface area contributed by atoms with Gasteiger partial charge in [0.2, 0.25) is 0 Å². The fourth-order valence-corrected chi connectivity index (χ4v) is 4.39. The molecule has 2 aromatic rings. The zero-order valence-corrected chi connectivity index (χ0v) is 16.4. The van der Waals surface area contributed by atoms with Crippen LogP contribution in [0.15, 0.2) is 29.2 Å². The summed E-state index contributed by atoms with van der Waals surface area (Å²) in [6, 6.07) is 5.99. The second-order valence-electron chi connectivity index (χ2n) is 6.46. The Kier molecular flexibility index (Phi) is 6.98. The Morgan fingerprint density at radius 1 is 1.32 bits per heavy atom. The molecule has 1 aliphatic carbocycles. The highest BCUT2D eigenvalue weighted by Crippen LogP contribution is 2.33. The van der Waals surface area contributed by atoms with Gasteiger partial charge in [-0.1, -0.05) is 43.9 Å². The highest BCUT2D eigenvalue weighted by atomic mass is 32.2. The molecule has 25 heavy (non-hydrogen) atoms. The van der Waals surface area contributed by atoms with Crippen LogP contribution in [0.25, 0.3) is 0 Å². The lowest BCUT2D eigenvalue weighted by Crippen LogP contribution is -2.12. The van der Waals surface area contributed by atoms with Crippen LogP contribution in [0.5, 0.6) is 0 Å². The lowest BCUT2D eigenvalue weighted by molar-refractivity contribution is 0.414. The van der Waals surface area contributed by atoms with E-state index in [9.17, 15) is 8.42 Å². The molecule has 0 unspecified atom stereocenters. The number of unbranched alkanes of at least 4 members (excludes halogenated alkanes) is 1. The lowest BCUT2D eigenvalue weighted by atomic mass is 9.87. The molecule has 0 aliphatic heterocycles. The molecule has 0 bridgehead atoms. The molecule has 1 atom stereocenters. The minimum Gasteiger partial charge on any atom is -0.375 e. The zero-order valence-electron chi connectivity index (χ0n) is 14.7. The van der Waals surface area contributed by atoms with E-state index in [1.165, 1.54) is 54.8 Å². The predicted octanol–water partition coefficient (Wildman–Crippen LogP) is 4.26. The Labute approximate surface area is 154 Å². The molecular weight excluding hydrogens is 356 g/mol. The van der Waals surface area contributed by atoms with E-state index in [0.29, 0.717) is 0 Å². The van der Waals surface area contributed by atoms with Crippen molar-refractivity contribution >= 4 is 26.6 Å². The van der Waals surface area contributed by atoms with Crippen molar-refractivity contribution in [3.05, 3.63) is 40.4 Å². The average Bonchev–Trinajstić information content (AvgIpc) is 2.92. The minimum atomic E-state index is -4.02. The molecule has 0 amide bonds. The van der Waals surface area contributed by atoms with E-state index in [-0.39, 0.29) is 4.90 Å². The molecule has 0 fully saturated rings. The number of aryl methyl sites for hydroxylation is 2. The number of aromatic nitrogens is 1. The van der Waals surface area contributed by atoms with Crippen molar-refractivity contribution in [2.24, 2.45) is 5.92 Å². The van der Waals surface area contributed by atoms with E-state index in [1.807, 2.05) is 6.92 Å². The second kappa shape index (κ2) is 8.78. The molecule has 1 aromatic heterocycles. The predicted molar refractivity (Wildman–Crippen MR) is 103 cm³/mol. The van der Waals surface area contributed by atoms with Crippen LogP contribution in [-0.2, 0) is 23.0 Å². The van der Waals surface area contributed by atoms with Gasteiger partial charge in [0.05, 0.1) is 10.6 Å². The monoisotopic (exact) mass is 382 g/mol. The Morgan fingerprint density at radius 2 is 2.00 bits per heavy atom. The van der Waals surface area contributed by atoms with Crippen LogP contribution in [0.1, 0.15) is 48.7 Å². The highest BCUT2D eigenvalue weighted by Gasteiger charge is 2.21. The Morgan fingerprint density at radius 3 is 2.60 bits per heavy atom. The van der Waals surface area contributed by atoms with Crippen LogP contribution in [0.3, 0.4) is 0 Å². The first-order valence-electron chi connectivity index (χ1n) is 8.57. The summed E-state index contributed by atoms with van der Waals surface area (Å²) in [6.45, 7) is 4.10. The fourth-order valence-electron chi connectivity index (χ4n) is 2.91. The molecule has 5 nitrogen and oxygen atoms in total. The Bertz CT molecular complexity index is 783. The van der Waals surface area contributed by atoms with Gasteiger partial charge in [0.15, 0.2) is 5.13 Å². The standard InChI is InChI=1S/C11H18N2S.C7H8O3S/c1-2-3-4-8-5-6-9-10(7-8)14-11(12)13-9;1-6-2-4-7(5-3-6)11(8,9)10/h8H,2-7H2,1H3,(H2,12,13);2-5H,1H3,(H,8,9,10)/t8-;/m1./s1. The maximum absolute atomic E-state index is 10.5. The van der Waals surface area contributed by atoms with E-state index < -0.39 is 10.1 Å². The zero-order chi connectivity index (χ0) is 18.4. The molecule has 0 saturated heterocycles. The average molecular weight is 383 g/mol. The summed E-state index contributed by atoms with van der Waals surface area (Å²) in [6.07, 6.45) is 7.76. The van der Waals surface area contributed by atoms with E-state index in [4.69, 9.17) is 10.3 Å². The first-order chi connectivity index (χ1) is 11.8. The van der Waals surface area contributed by atoms with Crippen LogP contribution in [0.2, 0.25) is 0 Å². The lowest BCUT2D eigenvalue weighted by Gasteiger charge is -2.20. The fraction of sp³-hybridized carbons (Fsp3) is 0.500. The number of nitrogens with two attached hydrogens (primary N) is 1. The summed E-state index contributed by atoms with van der Waals surface area (Å²) in [5.74, 6) is 0.891. The van der Waals surface area contributed by atoms with Crippen molar-refractivity contribution in [3.63, 3.8) is 0 Å². The number of hydrogen-bond acceptors (Lipinski definition) is 5. The number of hydrogen-bond donors (Lipinski definition) is 2. The number of thiazole rings is 1. The number of nitrogens with zero attached hydrogens (tertiary/aromatic N) is 1. The summed E-state index contributed by atoms with van der Waals surface area (Å²) in [5, 5.41) is 0.756. The van der Waals surface area contributed by atoms with Crippen LogP contribution in [0, 0.1) is 12.8 Å². The van der Waals surface area contributed by atoms with E-state index >= 15 is 0 Å². The van der Waals surface area contributed by atoms with Crippen molar-refractivity contribution in [3.8, 4) is 0 Å². The van der Waals surface area contributed by atoms with Gasteiger partial charge in [0.1, 0.15) is 0 Å². The van der Waals surface area contributed by atoms with Crippen molar-refractivity contribution < 1.29 is 13.0 Å². The van der Waals surface area contributed by atoms with Crippen LogP contribution < -0.4 is 5.73 Å². The summed E-state index contributed by atoms with van der Waals surface area (Å²) < 4.78 is 29.6. The van der Waals surface area contributed by atoms with E-state index in [0.717, 1.165) is 23.0 Å². The Hall–Kier alpha value is -1.44. The third kappa shape index (κ3) is 6.09. The van der Waals surface area contributed by atoms with Crippen molar-refractivity contribution in [2.45, 2.75) is 57.3 Å². The molecule has 138 valence electrons. The molecule has 1 aromatic carbocycles. The summed E-state index contributed by atoms with van der Waals surface area (Å²) in [5.41, 5.74) is 7.95. The second-order valence-corrected chi connectivity index (χ2v) is 9.00. The highest BCUT2D eigenvalue weighted by molar-refractivity contribution is 7.85. The van der Waals surface area contributed by atoms with Gasteiger partial charge in [-0.15, -0.1) is 11.3 Å². The van der Waals surface area contributed by atoms with Gasteiger partial charge < -0.3 is 5.73 Å². The maximum atomic E-state index is 10.5. The number of fused-ring (bicyclic) bond motifs is 1. The van der Waals surface area contributed by atoms with E-state index in [2.05, 4.69) is 11.9 Å². The SMILES string of the molecule is CCCC[C@@H]1CCc2nc(N)sc2C1.Cc1ccc(S(=O)(=O)O)cc1. The molecular formula is C18H26N2O3S2. The van der Waals surface area contributed by atoms with E-state index in [1.54, 1.807) is 23.5 Å². The summed E-state index contributed by atoms with van der Waals surface area (Å²) in [4.78, 5) is 5.75. The van der Waals surface area contributed by atoms with Gasteiger partial charge in [-0.3, -0.25) is 4.55 Å². The van der Waals surface area contributed by atoms with Gasteiger partial charge in [-0.25, -0.2) is 4.98 Å². The molecule has 1 aliphatic rings. The molecule has 0 spiro atoms. The van der Waals surface area contributed by atoms with Gasteiger partial charge in [-0.2, -0.15) is 8.42 Å². The number of nitrogen functional groups attached to an aromatic ring is 1. The number of anilines is 1. The number of benzene rings is 1. The molecule has 3 rings (SSSR count). The first-order valence-corrected chi connectivity index (χ1v) is 10.8. The molecule has 3 N–H and O–H groups in total. The Balaban J connectivity index is 0.000000186. The smallest absolute Gasteiger partial charge is 0.294 e. The third-order valence-electron chi connectivity index (χ3n) is 4.34. The summed E-state index contributed by atoms with van der Waals surface area (Å²) >= 11 is 1.69. The quantitative estimate of drug-likeness (QED) is 0.771. The van der Waals surface area contributed by atoms with Gasteiger partial charge in [0, 0.05) is 4.88 Å². The number of rotatable bonds is 4. The van der Waals surface area contributed by atoms with Crippen molar-refractivity contribution in [2.75, 3.05) is 5.73 Å². The largest absolute Gasteiger partial charge is 0.375 e. The van der Waals surface area contributed by atoms with Crippen LogP contribution in [-0.4, -0.2) is 18.0 Å². The first kappa shape index (κ1) is 19.9. The molecule has 0 saturated carbocycles. The minimum absolute atomic E-state index is 0.0666. The topological polar surface area (TPSA) is 93.3 Å². The molecule has 0 radical (unpaired) electrons. The maximum Gasteiger partial charge on any atom is 0.294 e. The van der Waals surface area contributed by atoms with Gasteiger partial charge in [-0.05, 0) is 44.2 Å². The normalized spacial score (nSPS) is 16.7. The molecule has 7 heteroatoms. The van der Waals surface area contributed by atoms with Crippen LogP contribution in [0.4, 0.5) is 5.13 Å². The van der Waals surface area contributed by atoms with Crippen molar-refractivity contribution in [1.29, 1.82) is 0 Å². The summed E-state index contributed by atoms with van der Waals surface area (Å²) in [7, 11) is -4.02. The van der Waals surface area contributed by atoms with Gasteiger partial charge >= 0.3 is 0 Å².